The maximum absolute atomic E-state index is 13.3. The van der Waals surface area contributed by atoms with Crippen LogP contribution in [0.4, 0.5) is 10.1 Å². The van der Waals surface area contributed by atoms with Crippen molar-refractivity contribution >= 4 is 51.2 Å². The van der Waals surface area contributed by atoms with Gasteiger partial charge < -0.3 is 14.8 Å². The summed E-state index contributed by atoms with van der Waals surface area (Å²) in [6, 6.07) is 9.33. The van der Waals surface area contributed by atoms with Crippen LogP contribution >= 0.6 is 11.3 Å². The van der Waals surface area contributed by atoms with E-state index in [1.165, 1.54) is 31.4 Å². The van der Waals surface area contributed by atoms with Crippen molar-refractivity contribution in [2.75, 3.05) is 32.6 Å². The zero-order chi connectivity index (χ0) is 24.7. The van der Waals surface area contributed by atoms with Gasteiger partial charge in [0.2, 0.25) is 5.91 Å². The molecule has 2 aromatic heterocycles. The summed E-state index contributed by atoms with van der Waals surface area (Å²) in [6.45, 7) is 2.56. The van der Waals surface area contributed by atoms with Crippen molar-refractivity contribution in [1.29, 1.82) is 0 Å². The summed E-state index contributed by atoms with van der Waals surface area (Å²) in [5.41, 5.74) is 1.50. The second-order valence-corrected chi connectivity index (χ2v) is 8.31. The molecule has 0 saturated carbocycles. The van der Waals surface area contributed by atoms with E-state index in [2.05, 4.69) is 10.3 Å². The van der Waals surface area contributed by atoms with Crippen LogP contribution in [0.25, 0.3) is 16.3 Å². The van der Waals surface area contributed by atoms with E-state index in [0.717, 1.165) is 11.3 Å². The average Bonchev–Trinajstić information content (AvgIpc) is 3.14. The Kier molecular flexibility index (Phi) is 8.44. The number of carbonyl (C=O) groups excluding carboxylic acids is 3. The molecule has 0 unspecified atom stereocenters. The van der Waals surface area contributed by atoms with Gasteiger partial charge in [-0.1, -0.05) is 12.1 Å². The van der Waals surface area contributed by atoms with E-state index in [1.807, 2.05) is 0 Å². The van der Waals surface area contributed by atoms with Crippen LogP contribution in [-0.4, -0.2) is 55.0 Å². The normalized spacial score (nSPS) is 11.2. The van der Waals surface area contributed by atoms with Crippen LogP contribution in [0.3, 0.4) is 0 Å². The van der Waals surface area contributed by atoms with E-state index in [9.17, 15) is 18.8 Å². The number of nitrogens with zero attached hydrogens (tertiary/aromatic N) is 2. The fraction of sp³-hybridized carbons (Fsp3) is 0.250. The topological polar surface area (TPSA) is 97.8 Å². The molecule has 0 bridgehead atoms. The Bertz CT molecular complexity index is 1240. The minimum Gasteiger partial charge on any atom is -0.465 e. The average molecular weight is 486 g/mol. The van der Waals surface area contributed by atoms with Crippen molar-refractivity contribution in [2.24, 2.45) is 0 Å². The molecule has 1 N–H and O–H groups in total. The van der Waals surface area contributed by atoms with Crippen molar-refractivity contribution in [3.63, 3.8) is 0 Å². The number of hydrogen-bond acceptors (Lipinski definition) is 8. The van der Waals surface area contributed by atoms with Crippen LogP contribution in [-0.2, 0) is 25.6 Å². The molecule has 34 heavy (non-hydrogen) atoms. The predicted octanol–water partition coefficient (Wildman–Crippen LogP) is 3.87. The molecule has 0 radical (unpaired) electrons. The number of hydrogen-bond donors (Lipinski definition) is 1. The van der Waals surface area contributed by atoms with Gasteiger partial charge in [0.05, 0.1) is 31.6 Å². The zero-order valence-electron chi connectivity index (χ0n) is 19.0. The summed E-state index contributed by atoms with van der Waals surface area (Å²) in [4.78, 5) is 43.6. The molecule has 1 amide bonds. The lowest BCUT2D eigenvalue weighted by atomic mass is 10.2. The number of carbonyl (C=O) groups is 3. The molecule has 2 heterocycles. The predicted molar refractivity (Wildman–Crippen MR) is 128 cm³/mol. The van der Waals surface area contributed by atoms with Gasteiger partial charge in [-0.15, -0.1) is 11.3 Å². The van der Waals surface area contributed by atoms with Crippen LogP contribution < -0.4 is 5.32 Å². The Labute approximate surface area is 200 Å². The molecule has 0 spiro atoms. The van der Waals surface area contributed by atoms with E-state index in [0.29, 0.717) is 40.3 Å². The Hall–Kier alpha value is -3.63. The standard InChI is InChI=1S/C24H24FN3O5S/c1-4-33-20(30)14-28(2)13-17-9-10-18-21(22(24(31)32-3)34-23(18)26-17)27-19(29)11-8-15-6-5-7-16(25)12-15/h5-12H,4,13-14H2,1-3H3,(H,27,29). The van der Waals surface area contributed by atoms with E-state index in [1.54, 1.807) is 43.1 Å². The quantitative estimate of drug-likeness (QED) is 0.363. The molecule has 178 valence electrons. The Morgan fingerprint density at radius 3 is 2.74 bits per heavy atom. The third-order valence-electron chi connectivity index (χ3n) is 4.64. The van der Waals surface area contributed by atoms with Gasteiger partial charge in [-0.2, -0.15) is 0 Å². The Morgan fingerprint density at radius 2 is 2.03 bits per heavy atom. The number of ether oxygens (including phenoxy) is 2. The van der Waals surface area contributed by atoms with E-state index < -0.39 is 17.7 Å². The molecule has 8 nitrogen and oxygen atoms in total. The number of fused-ring (bicyclic) bond motifs is 1. The van der Waals surface area contributed by atoms with Gasteiger partial charge in [0, 0.05) is 18.0 Å². The first-order chi connectivity index (χ1) is 16.3. The first kappa shape index (κ1) is 25.0. The first-order valence-electron chi connectivity index (χ1n) is 10.4. The highest BCUT2D eigenvalue weighted by atomic mass is 32.1. The molecule has 0 aliphatic rings. The number of thiophene rings is 1. The first-order valence-corrected chi connectivity index (χ1v) is 11.2. The van der Waals surface area contributed by atoms with Crippen molar-refractivity contribution < 1.29 is 28.2 Å². The molecule has 0 saturated heterocycles. The van der Waals surface area contributed by atoms with Crippen molar-refractivity contribution in [3.05, 3.63) is 64.4 Å². The molecule has 10 heteroatoms. The van der Waals surface area contributed by atoms with Gasteiger partial charge >= 0.3 is 11.9 Å². The molecule has 0 aliphatic carbocycles. The summed E-state index contributed by atoms with van der Waals surface area (Å²) >= 11 is 1.09. The molecule has 3 aromatic rings. The number of halogens is 1. The lowest BCUT2D eigenvalue weighted by Gasteiger charge is -2.14. The molecular formula is C24H24FN3O5S. The van der Waals surface area contributed by atoms with Crippen molar-refractivity contribution in [1.82, 2.24) is 9.88 Å². The number of aromatic nitrogens is 1. The molecule has 0 atom stereocenters. The number of nitrogens with one attached hydrogen (secondary N) is 1. The maximum Gasteiger partial charge on any atom is 0.350 e. The Morgan fingerprint density at radius 1 is 1.24 bits per heavy atom. The number of rotatable bonds is 9. The highest BCUT2D eigenvalue weighted by molar-refractivity contribution is 7.21. The minimum atomic E-state index is -0.603. The number of anilines is 1. The summed E-state index contributed by atoms with van der Waals surface area (Å²) in [5, 5.41) is 3.29. The number of amides is 1. The van der Waals surface area contributed by atoms with Crippen LogP contribution in [0.5, 0.6) is 0 Å². The van der Waals surface area contributed by atoms with E-state index >= 15 is 0 Å². The highest BCUT2D eigenvalue weighted by Gasteiger charge is 2.21. The van der Waals surface area contributed by atoms with Crippen LogP contribution in [0.15, 0.2) is 42.5 Å². The maximum atomic E-state index is 13.3. The van der Waals surface area contributed by atoms with Gasteiger partial charge in [-0.3, -0.25) is 14.5 Å². The zero-order valence-corrected chi connectivity index (χ0v) is 19.8. The third kappa shape index (κ3) is 6.46. The second-order valence-electron chi connectivity index (χ2n) is 7.31. The summed E-state index contributed by atoms with van der Waals surface area (Å²) in [5.74, 6) is -1.83. The minimum absolute atomic E-state index is 0.115. The largest absolute Gasteiger partial charge is 0.465 e. The van der Waals surface area contributed by atoms with Crippen LogP contribution in [0, 0.1) is 5.82 Å². The van der Waals surface area contributed by atoms with Gasteiger partial charge in [0.1, 0.15) is 15.5 Å². The number of esters is 2. The fourth-order valence-electron chi connectivity index (χ4n) is 3.17. The lowest BCUT2D eigenvalue weighted by Crippen LogP contribution is -2.27. The highest BCUT2D eigenvalue weighted by Crippen LogP contribution is 2.35. The molecule has 3 rings (SSSR count). The van der Waals surface area contributed by atoms with E-state index in [4.69, 9.17) is 9.47 Å². The van der Waals surface area contributed by atoms with Crippen LogP contribution in [0.1, 0.15) is 27.9 Å². The van der Waals surface area contributed by atoms with Gasteiger partial charge in [-0.25, -0.2) is 14.2 Å². The molecule has 0 fully saturated rings. The number of methoxy groups -OCH3 is 1. The molecule has 0 aliphatic heterocycles. The van der Waals surface area contributed by atoms with Gasteiger partial charge in [-0.05, 0) is 49.9 Å². The fourth-order valence-corrected chi connectivity index (χ4v) is 4.24. The smallest absolute Gasteiger partial charge is 0.350 e. The SMILES string of the molecule is CCOC(=O)CN(C)Cc1ccc2c(NC(=O)C=Cc3cccc(F)c3)c(C(=O)OC)sc2n1. The number of pyridine rings is 1. The second kappa shape index (κ2) is 11.5. The monoisotopic (exact) mass is 485 g/mol. The number of likely N-dealkylation sites (N-methyl/N-ethyl adjacent to an activating group) is 1. The third-order valence-corrected chi connectivity index (χ3v) is 5.72. The molecular weight excluding hydrogens is 461 g/mol. The number of benzene rings is 1. The summed E-state index contributed by atoms with van der Waals surface area (Å²) in [6.07, 6.45) is 2.73. The van der Waals surface area contributed by atoms with Crippen LogP contribution in [0.2, 0.25) is 0 Å². The molecule has 1 aromatic carbocycles. The van der Waals surface area contributed by atoms with Crippen molar-refractivity contribution in [2.45, 2.75) is 13.5 Å². The van der Waals surface area contributed by atoms with Crippen molar-refractivity contribution in [3.8, 4) is 0 Å². The lowest BCUT2D eigenvalue weighted by molar-refractivity contribution is -0.144. The van der Waals surface area contributed by atoms with Gasteiger partial charge in [0.15, 0.2) is 0 Å². The van der Waals surface area contributed by atoms with E-state index in [-0.39, 0.29) is 17.4 Å². The van der Waals surface area contributed by atoms with Gasteiger partial charge in [0.25, 0.3) is 0 Å². The summed E-state index contributed by atoms with van der Waals surface area (Å²) in [7, 11) is 3.03. The Balaban J connectivity index is 1.83. The summed E-state index contributed by atoms with van der Waals surface area (Å²) < 4.78 is 23.2.